The van der Waals surface area contributed by atoms with E-state index in [1.807, 2.05) is 13.8 Å². The highest BCUT2D eigenvalue weighted by molar-refractivity contribution is 5.94. The number of aliphatic hydroxyl groups is 1. The second-order valence-corrected chi connectivity index (χ2v) is 4.16. The van der Waals surface area contributed by atoms with Gasteiger partial charge in [0.25, 0.3) is 5.91 Å². The number of nitrogens with one attached hydrogen (secondary N) is 1. The summed E-state index contributed by atoms with van der Waals surface area (Å²) in [4.78, 5) is 11.7. The first kappa shape index (κ1) is 13.6. The highest BCUT2D eigenvalue weighted by Gasteiger charge is 2.17. The fraction of sp³-hybridized carbons (Fsp3) is 0.417. The third-order valence-corrected chi connectivity index (χ3v) is 2.44. The molecule has 0 aromatic heterocycles. The summed E-state index contributed by atoms with van der Waals surface area (Å²) >= 11 is 0. The minimum atomic E-state index is -0.805. The number of hydrogen-bond acceptors (Lipinski definition) is 2. The van der Waals surface area contributed by atoms with Crippen LogP contribution in [0.25, 0.3) is 0 Å². The van der Waals surface area contributed by atoms with Gasteiger partial charge in [-0.2, -0.15) is 0 Å². The zero-order valence-corrected chi connectivity index (χ0v) is 9.71. The monoisotopic (exact) mass is 243 g/mol. The van der Waals surface area contributed by atoms with Gasteiger partial charge in [-0.15, -0.1) is 0 Å². The predicted octanol–water partition coefficient (Wildman–Crippen LogP) is 1.71. The maximum absolute atomic E-state index is 12.9. The van der Waals surface area contributed by atoms with Crippen LogP contribution in [0.4, 0.5) is 8.78 Å². The van der Waals surface area contributed by atoms with E-state index in [0.717, 1.165) is 12.1 Å². The van der Waals surface area contributed by atoms with Gasteiger partial charge < -0.3 is 10.4 Å². The Morgan fingerprint density at radius 2 is 1.82 bits per heavy atom. The number of amides is 1. The van der Waals surface area contributed by atoms with Crippen molar-refractivity contribution >= 4 is 5.91 Å². The lowest BCUT2D eigenvalue weighted by Crippen LogP contribution is -2.41. The van der Waals surface area contributed by atoms with Crippen molar-refractivity contribution in [3.8, 4) is 0 Å². The summed E-state index contributed by atoms with van der Waals surface area (Å²) in [5.74, 6) is -2.18. The third kappa shape index (κ3) is 3.78. The van der Waals surface area contributed by atoms with Crippen molar-refractivity contribution in [2.75, 3.05) is 6.61 Å². The van der Waals surface area contributed by atoms with E-state index in [1.165, 1.54) is 0 Å². The molecule has 3 nitrogen and oxygen atoms in total. The van der Waals surface area contributed by atoms with Gasteiger partial charge >= 0.3 is 0 Å². The van der Waals surface area contributed by atoms with E-state index in [4.69, 9.17) is 5.11 Å². The summed E-state index contributed by atoms with van der Waals surface area (Å²) in [6.45, 7) is 3.43. The molecule has 0 unspecified atom stereocenters. The SMILES string of the molecule is CC(C)[C@@H](CO)NC(=O)c1cc(F)cc(F)c1. The summed E-state index contributed by atoms with van der Waals surface area (Å²) in [5, 5.41) is 11.6. The Morgan fingerprint density at radius 1 is 1.29 bits per heavy atom. The number of hydrogen-bond donors (Lipinski definition) is 2. The molecule has 0 aliphatic heterocycles. The summed E-state index contributed by atoms with van der Waals surface area (Å²) in [6.07, 6.45) is 0. The topological polar surface area (TPSA) is 49.3 Å². The minimum absolute atomic E-state index is 0.0300. The molecule has 0 spiro atoms. The summed E-state index contributed by atoms with van der Waals surface area (Å²) in [6, 6.07) is 2.16. The number of benzene rings is 1. The van der Waals surface area contributed by atoms with Gasteiger partial charge in [0.15, 0.2) is 0 Å². The first-order chi connectivity index (χ1) is 7.93. The molecular weight excluding hydrogens is 228 g/mol. The molecule has 0 radical (unpaired) electrons. The van der Waals surface area contributed by atoms with E-state index in [9.17, 15) is 13.6 Å². The molecule has 0 bridgehead atoms. The lowest BCUT2D eigenvalue weighted by Gasteiger charge is -2.19. The molecule has 17 heavy (non-hydrogen) atoms. The zero-order chi connectivity index (χ0) is 13.0. The molecule has 2 N–H and O–H groups in total. The zero-order valence-electron chi connectivity index (χ0n) is 9.71. The molecule has 0 heterocycles. The van der Waals surface area contributed by atoms with Crippen LogP contribution in [0.1, 0.15) is 24.2 Å². The largest absolute Gasteiger partial charge is 0.394 e. The number of rotatable bonds is 4. The van der Waals surface area contributed by atoms with Crippen molar-refractivity contribution in [3.05, 3.63) is 35.4 Å². The average molecular weight is 243 g/mol. The van der Waals surface area contributed by atoms with E-state index in [2.05, 4.69) is 5.32 Å². The van der Waals surface area contributed by atoms with Gasteiger partial charge in [0, 0.05) is 11.6 Å². The van der Waals surface area contributed by atoms with Crippen molar-refractivity contribution in [3.63, 3.8) is 0 Å². The van der Waals surface area contributed by atoms with Crippen LogP contribution in [-0.4, -0.2) is 23.7 Å². The molecule has 1 atom stereocenters. The van der Waals surface area contributed by atoms with Crippen molar-refractivity contribution < 1.29 is 18.7 Å². The molecule has 0 saturated carbocycles. The van der Waals surface area contributed by atoms with Crippen LogP contribution < -0.4 is 5.32 Å². The Balaban J connectivity index is 2.82. The molecule has 0 fully saturated rings. The average Bonchev–Trinajstić information content (AvgIpc) is 2.23. The van der Waals surface area contributed by atoms with E-state index in [0.29, 0.717) is 6.07 Å². The quantitative estimate of drug-likeness (QED) is 0.845. The van der Waals surface area contributed by atoms with Gasteiger partial charge in [-0.3, -0.25) is 4.79 Å². The summed E-state index contributed by atoms with van der Waals surface area (Å²) < 4.78 is 25.8. The minimum Gasteiger partial charge on any atom is -0.394 e. The molecule has 1 rings (SSSR count). The fourth-order valence-corrected chi connectivity index (χ4v) is 1.36. The third-order valence-electron chi connectivity index (χ3n) is 2.44. The van der Waals surface area contributed by atoms with Gasteiger partial charge in [0.2, 0.25) is 0 Å². The summed E-state index contributed by atoms with van der Waals surface area (Å²) in [5.41, 5.74) is -0.0957. The Labute approximate surface area is 98.5 Å². The van der Waals surface area contributed by atoms with Gasteiger partial charge in [0.05, 0.1) is 12.6 Å². The van der Waals surface area contributed by atoms with E-state index in [-0.39, 0.29) is 18.1 Å². The maximum Gasteiger partial charge on any atom is 0.251 e. The van der Waals surface area contributed by atoms with Crippen molar-refractivity contribution in [1.29, 1.82) is 0 Å². The van der Waals surface area contributed by atoms with Crippen molar-refractivity contribution in [1.82, 2.24) is 5.32 Å². The van der Waals surface area contributed by atoms with Crippen molar-refractivity contribution in [2.45, 2.75) is 19.9 Å². The molecule has 5 heteroatoms. The Hall–Kier alpha value is -1.49. The molecule has 1 aromatic rings. The van der Waals surface area contributed by atoms with Crippen LogP contribution in [0.2, 0.25) is 0 Å². The highest BCUT2D eigenvalue weighted by atomic mass is 19.1. The summed E-state index contributed by atoms with van der Waals surface area (Å²) in [7, 11) is 0. The second-order valence-electron chi connectivity index (χ2n) is 4.16. The number of carbonyl (C=O) groups excluding carboxylic acids is 1. The van der Waals surface area contributed by atoms with Crippen LogP contribution in [0.15, 0.2) is 18.2 Å². The standard InChI is InChI=1S/C12H15F2NO2/c1-7(2)11(6-16)15-12(17)8-3-9(13)5-10(14)4-8/h3-5,7,11,16H,6H2,1-2H3,(H,15,17)/t11-/m1/s1. The second kappa shape index (κ2) is 5.72. The van der Waals surface area contributed by atoms with Crippen LogP contribution in [-0.2, 0) is 0 Å². The molecule has 1 aromatic carbocycles. The highest BCUT2D eigenvalue weighted by Crippen LogP contribution is 2.09. The van der Waals surface area contributed by atoms with E-state index < -0.39 is 23.6 Å². The van der Waals surface area contributed by atoms with Gasteiger partial charge in [-0.25, -0.2) is 8.78 Å². The molecule has 94 valence electrons. The number of carbonyl (C=O) groups is 1. The number of aliphatic hydroxyl groups excluding tert-OH is 1. The van der Waals surface area contributed by atoms with Crippen LogP contribution in [0.5, 0.6) is 0 Å². The smallest absolute Gasteiger partial charge is 0.251 e. The fourth-order valence-electron chi connectivity index (χ4n) is 1.36. The Bertz CT molecular complexity index is 387. The van der Waals surface area contributed by atoms with Crippen LogP contribution >= 0.6 is 0 Å². The van der Waals surface area contributed by atoms with Gasteiger partial charge in [-0.05, 0) is 18.1 Å². The normalized spacial score (nSPS) is 12.6. The van der Waals surface area contributed by atoms with Crippen LogP contribution in [0, 0.1) is 17.6 Å². The Kier molecular flexibility index (Phi) is 4.57. The van der Waals surface area contributed by atoms with Crippen molar-refractivity contribution in [2.24, 2.45) is 5.92 Å². The first-order valence-electron chi connectivity index (χ1n) is 5.32. The van der Waals surface area contributed by atoms with Gasteiger partial charge in [0.1, 0.15) is 11.6 Å². The number of halogens is 2. The lowest BCUT2D eigenvalue weighted by molar-refractivity contribution is 0.0896. The molecular formula is C12H15F2NO2. The van der Waals surface area contributed by atoms with Gasteiger partial charge in [-0.1, -0.05) is 13.8 Å². The van der Waals surface area contributed by atoms with E-state index >= 15 is 0 Å². The van der Waals surface area contributed by atoms with E-state index in [1.54, 1.807) is 0 Å². The maximum atomic E-state index is 12.9. The molecule has 0 aliphatic carbocycles. The lowest BCUT2D eigenvalue weighted by atomic mass is 10.0. The molecule has 1 amide bonds. The van der Waals surface area contributed by atoms with Crippen LogP contribution in [0.3, 0.4) is 0 Å². The Morgan fingerprint density at radius 3 is 2.24 bits per heavy atom. The predicted molar refractivity (Wildman–Crippen MR) is 59.5 cm³/mol. The molecule has 0 aliphatic rings. The molecule has 0 saturated heterocycles. The first-order valence-corrected chi connectivity index (χ1v) is 5.32.